The number of amides is 1. The van der Waals surface area contributed by atoms with Gasteiger partial charge in [0.2, 0.25) is 5.91 Å². The third kappa shape index (κ3) is 4.40. The molecule has 1 amide bonds. The van der Waals surface area contributed by atoms with E-state index in [0.717, 1.165) is 49.0 Å². The number of aryl methyl sites for hydroxylation is 1. The number of nitrogens with zero attached hydrogens (tertiary/aromatic N) is 5. The molecule has 2 aliphatic rings. The Morgan fingerprint density at radius 2 is 2.00 bits per heavy atom. The second-order valence-corrected chi connectivity index (χ2v) is 8.21. The minimum atomic E-state index is -4.49. The fraction of sp³-hybridized carbons (Fsp3) is 0.550. The van der Waals surface area contributed by atoms with E-state index in [4.69, 9.17) is 4.98 Å². The quantitative estimate of drug-likeness (QED) is 0.761. The first-order valence-electron chi connectivity index (χ1n) is 10.2. The number of likely N-dealkylation sites (N-methyl/N-ethyl adjacent to an activating group) is 1. The molecule has 0 unspecified atom stereocenters. The summed E-state index contributed by atoms with van der Waals surface area (Å²) in [6.07, 6.45) is 0.739. The van der Waals surface area contributed by atoms with Crippen LogP contribution in [0.4, 0.5) is 30.5 Å². The summed E-state index contributed by atoms with van der Waals surface area (Å²) in [6.45, 7) is 3.68. The molecule has 2 aromatic rings. The maximum Gasteiger partial charge on any atom is 0.434 e. The normalized spacial score (nSPS) is 23.5. The van der Waals surface area contributed by atoms with Gasteiger partial charge in [0, 0.05) is 19.5 Å². The lowest BCUT2D eigenvalue weighted by molar-refractivity contribution is -0.141. The Morgan fingerprint density at radius 1 is 1.23 bits per heavy atom. The van der Waals surface area contributed by atoms with Crippen LogP contribution in [0.1, 0.15) is 43.4 Å². The van der Waals surface area contributed by atoms with Crippen LogP contribution in [0.2, 0.25) is 0 Å². The van der Waals surface area contributed by atoms with Crippen molar-refractivity contribution in [2.24, 2.45) is 5.92 Å². The molecule has 1 saturated carbocycles. The molecule has 2 aromatic heterocycles. The maximum atomic E-state index is 12.6. The molecule has 31 heavy (non-hydrogen) atoms. The molecule has 1 fully saturated rings. The predicted octanol–water partition coefficient (Wildman–Crippen LogP) is 3.19. The summed E-state index contributed by atoms with van der Waals surface area (Å²) in [5.41, 5.74) is 0.388. The molecule has 3 heterocycles. The molecule has 0 aromatic carbocycles. The van der Waals surface area contributed by atoms with Gasteiger partial charge in [-0.25, -0.2) is 19.9 Å². The minimum Gasteiger partial charge on any atom is -0.366 e. The van der Waals surface area contributed by atoms with E-state index >= 15 is 0 Å². The Morgan fingerprint density at radius 3 is 2.68 bits per heavy atom. The highest BCUT2D eigenvalue weighted by atomic mass is 19.4. The van der Waals surface area contributed by atoms with Crippen molar-refractivity contribution in [1.29, 1.82) is 0 Å². The topological polar surface area (TPSA) is 95.9 Å². The molecule has 166 valence electrons. The molecule has 4 rings (SSSR count). The summed E-state index contributed by atoms with van der Waals surface area (Å²) < 4.78 is 37.9. The summed E-state index contributed by atoms with van der Waals surface area (Å²) in [6, 6.07) is -0.198. The molecule has 3 atom stereocenters. The molecule has 0 saturated heterocycles. The second kappa shape index (κ2) is 7.93. The van der Waals surface area contributed by atoms with Crippen LogP contribution in [0, 0.1) is 12.8 Å². The van der Waals surface area contributed by atoms with E-state index in [1.807, 2.05) is 25.8 Å². The molecule has 1 aliphatic carbocycles. The van der Waals surface area contributed by atoms with Crippen molar-refractivity contribution in [1.82, 2.24) is 19.9 Å². The average molecular weight is 435 g/mol. The number of carbonyl (C=O) groups excluding carboxylic acids is 1. The summed E-state index contributed by atoms with van der Waals surface area (Å²) in [7, 11) is 1.85. The lowest BCUT2D eigenvalue weighted by atomic mass is 10.0. The first-order valence-corrected chi connectivity index (χ1v) is 10.2. The summed E-state index contributed by atoms with van der Waals surface area (Å²) in [5, 5.41) is 6.05. The van der Waals surface area contributed by atoms with Gasteiger partial charge >= 0.3 is 6.18 Å². The number of nitrogens with one attached hydrogen (secondary N) is 2. The summed E-state index contributed by atoms with van der Waals surface area (Å²) in [5.74, 6) is 2.06. The number of rotatable bonds is 4. The highest BCUT2D eigenvalue weighted by Crippen LogP contribution is 2.34. The Balaban J connectivity index is 1.40. The molecule has 11 heteroatoms. The summed E-state index contributed by atoms with van der Waals surface area (Å²) >= 11 is 0. The number of alkyl halides is 3. The molecule has 8 nitrogen and oxygen atoms in total. The van der Waals surface area contributed by atoms with E-state index < -0.39 is 11.9 Å². The fourth-order valence-electron chi connectivity index (χ4n) is 4.10. The van der Waals surface area contributed by atoms with E-state index in [0.29, 0.717) is 23.8 Å². The molecule has 0 radical (unpaired) electrons. The molecule has 1 aliphatic heterocycles. The van der Waals surface area contributed by atoms with Crippen molar-refractivity contribution in [3.8, 4) is 0 Å². The Labute approximate surface area is 177 Å². The van der Waals surface area contributed by atoms with Gasteiger partial charge in [-0.1, -0.05) is 0 Å². The van der Waals surface area contributed by atoms with Gasteiger partial charge in [0.15, 0.2) is 11.5 Å². The van der Waals surface area contributed by atoms with Crippen molar-refractivity contribution >= 4 is 23.2 Å². The zero-order valence-electron chi connectivity index (χ0n) is 17.5. The van der Waals surface area contributed by atoms with Crippen LogP contribution in [0.15, 0.2) is 12.4 Å². The first-order chi connectivity index (χ1) is 14.6. The number of fused-ring (bicyclic) bond motifs is 1. The number of hydrogen-bond acceptors (Lipinski definition) is 7. The zero-order valence-corrected chi connectivity index (χ0v) is 17.5. The molecule has 2 N–H and O–H groups in total. The van der Waals surface area contributed by atoms with Crippen LogP contribution in [0.25, 0.3) is 0 Å². The standard InChI is InChI=1S/C20H24F3N7O/c1-10-17-18(30(3)11(2)19(31)29-17)28-15(26-10)7-12-4-5-13(6-12)27-16-9-24-14(8-25-16)20(21,22)23/h8-9,11-13H,4-7H2,1-3H3,(H,25,27)(H,29,31)/t11-,12+,13-/m0/s1. The Hall–Kier alpha value is -2.98. The van der Waals surface area contributed by atoms with Gasteiger partial charge in [0.25, 0.3) is 0 Å². The maximum absolute atomic E-state index is 12.6. The van der Waals surface area contributed by atoms with Crippen LogP contribution >= 0.6 is 0 Å². The third-order valence-electron chi connectivity index (χ3n) is 5.97. The molecule has 0 spiro atoms. The molecule has 0 bridgehead atoms. The number of aromatic nitrogens is 4. The van der Waals surface area contributed by atoms with Crippen LogP contribution in [0.3, 0.4) is 0 Å². The van der Waals surface area contributed by atoms with E-state index in [1.165, 1.54) is 0 Å². The van der Waals surface area contributed by atoms with E-state index in [2.05, 4.69) is 25.6 Å². The van der Waals surface area contributed by atoms with Crippen molar-refractivity contribution < 1.29 is 18.0 Å². The number of halogens is 3. The smallest absolute Gasteiger partial charge is 0.366 e. The molecular weight excluding hydrogens is 411 g/mol. The third-order valence-corrected chi connectivity index (χ3v) is 5.97. The van der Waals surface area contributed by atoms with Crippen LogP contribution in [-0.2, 0) is 17.4 Å². The first kappa shape index (κ1) is 21.3. The van der Waals surface area contributed by atoms with Gasteiger partial charge < -0.3 is 15.5 Å². The SMILES string of the molecule is Cc1nc(C[C@@H]2CC[C@H](Nc3cnc(C(F)(F)F)cn3)C2)nc2c1NC(=O)[C@H](C)N2C. The second-order valence-electron chi connectivity index (χ2n) is 8.21. The van der Waals surface area contributed by atoms with E-state index in [-0.39, 0.29) is 18.0 Å². The number of anilines is 3. The van der Waals surface area contributed by atoms with Gasteiger partial charge in [-0.2, -0.15) is 13.2 Å². The van der Waals surface area contributed by atoms with Gasteiger partial charge in [-0.05, 0) is 39.0 Å². The zero-order chi connectivity index (χ0) is 22.3. The van der Waals surface area contributed by atoms with Crippen molar-refractivity contribution in [3.05, 3.63) is 29.6 Å². The van der Waals surface area contributed by atoms with Crippen molar-refractivity contribution in [3.63, 3.8) is 0 Å². The summed E-state index contributed by atoms with van der Waals surface area (Å²) in [4.78, 5) is 30.5. The largest absolute Gasteiger partial charge is 0.434 e. The van der Waals surface area contributed by atoms with Crippen molar-refractivity contribution in [2.45, 2.75) is 57.8 Å². The van der Waals surface area contributed by atoms with Crippen LogP contribution in [-0.4, -0.2) is 45.0 Å². The van der Waals surface area contributed by atoms with Gasteiger partial charge in [-0.15, -0.1) is 0 Å². The van der Waals surface area contributed by atoms with E-state index in [9.17, 15) is 18.0 Å². The number of carbonyl (C=O) groups is 1. The average Bonchev–Trinajstić information content (AvgIpc) is 3.14. The van der Waals surface area contributed by atoms with Crippen molar-refractivity contribution in [2.75, 3.05) is 22.6 Å². The highest BCUT2D eigenvalue weighted by molar-refractivity contribution is 6.02. The number of hydrogen-bond donors (Lipinski definition) is 2. The lowest BCUT2D eigenvalue weighted by Gasteiger charge is -2.32. The van der Waals surface area contributed by atoms with Crippen LogP contribution in [0.5, 0.6) is 0 Å². The minimum absolute atomic E-state index is 0.0782. The van der Waals surface area contributed by atoms with E-state index in [1.54, 1.807) is 0 Å². The predicted molar refractivity (Wildman–Crippen MR) is 109 cm³/mol. The van der Waals surface area contributed by atoms with Crippen LogP contribution < -0.4 is 15.5 Å². The van der Waals surface area contributed by atoms with Gasteiger partial charge in [0.05, 0.1) is 18.1 Å². The monoisotopic (exact) mass is 435 g/mol. The van der Waals surface area contributed by atoms with Gasteiger partial charge in [0.1, 0.15) is 23.4 Å². The Kier molecular flexibility index (Phi) is 5.44. The van der Waals surface area contributed by atoms with Gasteiger partial charge in [-0.3, -0.25) is 4.79 Å². The Bertz CT molecular complexity index is 980. The molecular formula is C20H24F3N7O. The highest BCUT2D eigenvalue weighted by Gasteiger charge is 2.33. The fourth-order valence-corrected chi connectivity index (χ4v) is 4.10. The lowest BCUT2D eigenvalue weighted by Crippen LogP contribution is -2.45.